The molecule has 1 amide bonds. The third-order valence-corrected chi connectivity index (χ3v) is 2.17. The number of rotatable bonds is 5. The van der Waals surface area contributed by atoms with Gasteiger partial charge in [-0.25, -0.2) is 9.78 Å². The van der Waals surface area contributed by atoms with Gasteiger partial charge in [0.1, 0.15) is 6.04 Å². The molecule has 1 aromatic rings. The highest BCUT2D eigenvalue weighted by Gasteiger charge is 2.19. The molecule has 0 unspecified atom stereocenters. The number of carbonyl (C=O) groups is 2. The van der Waals surface area contributed by atoms with Crippen LogP contribution in [0.15, 0.2) is 18.3 Å². The first-order valence-corrected chi connectivity index (χ1v) is 5.19. The molecule has 0 fully saturated rings. The number of aromatic nitrogens is 1. The fourth-order valence-corrected chi connectivity index (χ4v) is 1.30. The van der Waals surface area contributed by atoms with Gasteiger partial charge in [-0.15, -0.1) is 0 Å². The Hall–Kier alpha value is -1.98. The molecule has 0 radical (unpaired) electrons. The number of carboxylic acid groups (broad SMARTS) is 1. The second-order valence-corrected chi connectivity index (χ2v) is 3.52. The van der Waals surface area contributed by atoms with Gasteiger partial charge in [-0.3, -0.25) is 4.79 Å². The molecule has 17 heavy (non-hydrogen) atoms. The molecule has 0 aliphatic carbocycles. The van der Waals surface area contributed by atoms with Crippen molar-refractivity contribution in [3.8, 4) is 0 Å². The first kappa shape index (κ1) is 13.1. The van der Waals surface area contributed by atoms with Gasteiger partial charge in [0, 0.05) is 6.20 Å². The van der Waals surface area contributed by atoms with E-state index in [1.54, 1.807) is 0 Å². The van der Waals surface area contributed by atoms with Gasteiger partial charge in [0.15, 0.2) is 0 Å². The van der Waals surface area contributed by atoms with Crippen molar-refractivity contribution in [3.63, 3.8) is 0 Å². The van der Waals surface area contributed by atoms with E-state index in [2.05, 4.69) is 10.3 Å². The summed E-state index contributed by atoms with van der Waals surface area (Å²) in [4.78, 5) is 25.8. The Labute approximate surface area is 97.7 Å². The average Bonchev–Trinajstić information content (AvgIpc) is 2.29. The Bertz CT molecular complexity index is 406. The Morgan fingerprint density at radius 2 is 2.24 bits per heavy atom. The molecule has 1 aromatic heterocycles. The topological polar surface area (TPSA) is 79.3 Å². The van der Waals surface area contributed by atoms with Crippen molar-refractivity contribution in [2.75, 3.05) is 0 Å². The number of hydrogen-bond acceptors (Lipinski definition) is 3. The van der Waals surface area contributed by atoms with Crippen LogP contribution in [-0.2, 0) is 4.79 Å². The SMILES string of the molecule is CCC[C@@H](NC(=O)c1ccc(F)nc1)C(=O)O. The van der Waals surface area contributed by atoms with Gasteiger partial charge in [-0.1, -0.05) is 13.3 Å². The molecule has 92 valence electrons. The van der Waals surface area contributed by atoms with Crippen LogP contribution in [0, 0.1) is 5.95 Å². The van der Waals surface area contributed by atoms with Gasteiger partial charge in [0.2, 0.25) is 5.95 Å². The highest BCUT2D eigenvalue weighted by molar-refractivity contribution is 5.96. The minimum absolute atomic E-state index is 0.133. The van der Waals surface area contributed by atoms with Gasteiger partial charge >= 0.3 is 5.97 Å². The lowest BCUT2D eigenvalue weighted by molar-refractivity contribution is -0.139. The Kier molecular flexibility index (Phi) is 4.56. The van der Waals surface area contributed by atoms with Gasteiger partial charge in [0.05, 0.1) is 5.56 Å². The van der Waals surface area contributed by atoms with Gasteiger partial charge in [-0.05, 0) is 18.6 Å². The number of carboxylic acids is 1. The van der Waals surface area contributed by atoms with Crippen LogP contribution < -0.4 is 5.32 Å². The van der Waals surface area contributed by atoms with E-state index >= 15 is 0 Å². The molecular weight excluding hydrogens is 227 g/mol. The lowest BCUT2D eigenvalue weighted by Gasteiger charge is -2.13. The Morgan fingerprint density at radius 3 is 2.71 bits per heavy atom. The largest absolute Gasteiger partial charge is 0.480 e. The van der Waals surface area contributed by atoms with Crippen LogP contribution in [0.5, 0.6) is 0 Å². The van der Waals surface area contributed by atoms with E-state index in [-0.39, 0.29) is 5.56 Å². The van der Waals surface area contributed by atoms with Crippen molar-refractivity contribution < 1.29 is 19.1 Å². The zero-order chi connectivity index (χ0) is 12.8. The fourth-order valence-electron chi connectivity index (χ4n) is 1.30. The van der Waals surface area contributed by atoms with Crippen molar-refractivity contribution in [2.24, 2.45) is 0 Å². The molecule has 1 heterocycles. The lowest BCUT2D eigenvalue weighted by atomic mass is 10.1. The summed E-state index contributed by atoms with van der Waals surface area (Å²) in [5.74, 6) is -2.35. The molecule has 0 saturated carbocycles. The molecule has 5 nitrogen and oxygen atoms in total. The normalized spacial score (nSPS) is 11.9. The monoisotopic (exact) mass is 240 g/mol. The maximum atomic E-state index is 12.5. The molecule has 1 rings (SSSR count). The van der Waals surface area contributed by atoms with Crippen LogP contribution in [-0.4, -0.2) is 28.0 Å². The summed E-state index contributed by atoms with van der Waals surface area (Å²) in [6.45, 7) is 1.82. The smallest absolute Gasteiger partial charge is 0.326 e. The van der Waals surface area contributed by atoms with E-state index in [0.717, 1.165) is 12.3 Å². The molecule has 0 bridgehead atoms. The van der Waals surface area contributed by atoms with E-state index in [0.29, 0.717) is 12.8 Å². The maximum Gasteiger partial charge on any atom is 0.326 e. The molecule has 6 heteroatoms. The maximum absolute atomic E-state index is 12.5. The average molecular weight is 240 g/mol. The molecular formula is C11H13FN2O3. The van der Waals surface area contributed by atoms with Gasteiger partial charge in [-0.2, -0.15) is 4.39 Å². The highest BCUT2D eigenvalue weighted by atomic mass is 19.1. The summed E-state index contributed by atoms with van der Waals surface area (Å²) >= 11 is 0. The number of halogens is 1. The molecule has 2 N–H and O–H groups in total. The van der Waals surface area contributed by atoms with Crippen LogP contribution in [0.3, 0.4) is 0 Å². The number of hydrogen-bond donors (Lipinski definition) is 2. The Morgan fingerprint density at radius 1 is 1.53 bits per heavy atom. The predicted octanol–water partition coefficient (Wildman–Crippen LogP) is 1.20. The fraction of sp³-hybridized carbons (Fsp3) is 0.364. The van der Waals surface area contributed by atoms with Crippen molar-refractivity contribution >= 4 is 11.9 Å². The summed E-state index contributed by atoms with van der Waals surface area (Å²) in [5, 5.41) is 11.2. The summed E-state index contributed by atoms with van der Waals surface area (Å²) < 4.78 is 12.5. The zero-order valence-electron chi connectivity index (χ0n) is 9.31. The summed E-state index contributed by atoms with van der Waals surface area (Å²) in [6, 6.07) is 1.37. The van der Waals surface area contributed by atoms with Gasteiger partial charge in [0.25, 0.3) is 5.91 Å². The molecule has 1 atom stereocenters. The second-order valence-electron chi connectivity index (χ2n) is 3.52. The standard InChI is InChI=1S/C11H13FN2O3/c1-2-3-8(11(16)17)14-10(15)7-4-5-9(12)13-6-7/h4-6,8H,2-3H2,1H3,(H,14,15)(H,16,17)/t8-/m1/s1. The summed E-state index contributed by atoms with van der Waals surface area (Å²) in [7, 11) is 0. The van der Waals surface area contributed by atoms with Crippen LogP contribution in [0.2, 0.25) is 0 Å². The number of nitrogens with zero attached hydrogens (tertiary/aromatic N) is 1. The lowest BCUT2D eigenvalue weighted by Crippen LogP contribution is -2.40. The first-order chi connectivity index (χ1) is 8.04. The van der Waals surface area contributed by atoms with Crippen molar-refractivity contribution in [1.82, 2.24) is 10.3 Å². The van der Waals surface area contributed by atoms with Crippen LogP contribution in [0.4, 0.5) is 4.39 Å². The van der Waals surface area contributed by atoms with E-state index in [4.69, 9.17) is 5.11 Å². The van der Waals surface area contributed by atoms with Gasteiger partial charge < -0.3 is 10.4 Å². The number of pyridine rings is 1. The number of nitrogens with one attached hydrogen (secondary N) is 1. The quantitative estimate of drug-likeness (QED) is 0.758. The van der Waals surface area contributed by atoms with E-state index in [1.807, 2.05) is 6.92 Å². The summed E-state index contributed by atoms with van der Waals surface area (Å²) in [6.07, 6.45) is 2.05. The number of carbonyl (C=O) groups excluding carboxylic acids is 1. The molecule has 0 spiro atoms. The predicted molar refractivity (Wildman–Crippen MR) is 58.0 cm³/mol. The third kappa shape index (κ3) is 3.82. The van der Waals surface area contributed by atoms with Crippen LogP contribution in [0.25, 0.3) is 0 Å². The minimum Gasteiger partial charge on any atom is -0.480 e. The third-order valence-electron chi connectivity index (χ3n) is 2.17. The first-order valence-electron chi connectivity index (χ1n) is 5.19. The molecule has 0 aliphatic rings. The second kappa shape index (κ2) is 5.93. The molecule has 0 aromatic carbocycles. The van der Waals surface area contributed by atoms with E-state index in [9.17, 15) is 14.0 Å². The number of aliphatic carboxylic acids is 1. The van der Waals surface area contributed by atoms with E-state index < -0.39 is 23.9 Å². The highest BCUT2D eigenvalue weighted by Crippen LogP contribution is 2.02. The van der Waals surface area contributed by atoms with Crippen LogP contribution in [0.1, 0.15) is 30.1 Å². The van der Waals surface area contributed by atoms with Crippen molar-refractivity contribution in [3.05, 3.63) is 29.8 Å². The van der Waals surface area contributed by atoms with Crippen molar-refractivity contribution in [1.29, 1.82) is 0 Å². The van der Waals surface area contributed by atoms with Crippen molar-refractivity contribution in [2.45, 2.75) is 25.8 Å². The molecule has 0 aliphatic heterocycles. The zero-order valence-corrected chi connectivity index (χ0v) is 9.31. The van der Waals surface area contributed by atoms with E-state index in [1.165, 1.54) is 6.07 Å². The van der Waals surface area contributed by atoms with Crippen LogP contribution >= 0.6 is 0 Å². The summed E-state index contributed by atoms with van der Waals surface area (Å²) in [5.41, 5.74) is 0.133. The molecule has 0 saturated heterocycles. The Balaban J connectivity index is 2.70. The number of amides is 1. The minimum atomic E-state index is -1.09.